The molecule has 0 N–H and O–H groups in total. The minimum absolute atomic E-state index is 0.301. The Kier molecular flexibility index (Phi) is 6.13. The molecule has 0 saturated carbocycles. The fourth-order valence-corrected chi connectivity index (χ4v) is 4.00. The Morgan fingerprint density at radius 3 is 2.54 bits per heavy atom. The van der Waals surface area contributed by atoms with Crippen LogP contribution in [0.2, 0.25) is 5.15 Å². The number of hydrogen-bond acceptors (Lipinski definition) is 4. The van der Waals surface area contributed by atoms with E-state index in [-0.39, 0.29) is 16.6 Å². The lowest BCUT2D eigenvalue weighted by Crippen LogP contribution is -2.19. The van der Waals surface area contributed by atoms with Gasteiger partial charge in [0.1, 0.15) is 16.6 Å². The average Bonchev–Trinajstić information content (AvgIpc) is 2.87. The summed E-state index contributed by atoms with van der Waals surface area (Å²) >= 11 is 5.88. The van der Waals surface area contributed by atoms with E-state index in [1.165, 1.54) is 0 Å². The summed E-state index contributed by atoms with van der Waals surface area (Å²) in [4.78, 5) is 15.9. The van der Waals surface area contributed by atoms with Crippen LogP contribution in [0.25, 0.3) is 0 Å². The number of rotatable bonds is 7. The molecule has 1 aromatic heterocycles. The van der Waals surface area contributed by atoms with Crippen molar-refractivity contribution in [1.82, 2.24) is 9.55 Å². The van der Waals surface area contributed by atoms with E-state index in [0.717, 1.165) is 16.5 Å². The molecule has 0 spiro atoms. The molecule has 0 aliphatic heterocycles. The van der Waals surface area contributed by atoms with Gasteiger partial charge in [-0.15, -0.1) is 0 Å². The maximum Gasteiger partial charge on any atom is 0.390 e. The molecule has 0 amide bonds. The first kappa shape index (κ1) is 20.4. The van der Waals surface area contributed by atoms with Gasteiger partial charge in [-0.05, 0) is 18.1 Å². The van der Waals surface area contributed by atoms with Crippen molar-refractivity contribution in [3.8, 4) is 0 Å². The zero-order chi connectivity index (χ0) is 19.5. The molecule has 1 heterocycles. The molecule has 5 nitrogen and oxygen atoms in total. The van der Waals surface area contributed by atoms with Crippen LogP contribution in [0.3, 0.4) is 0 Å². The summed E-state index contributed by atoms with van der Waals surface area (Å²) in [5.74, 6) is -2.00. The van der Waals surface area contributed by atoms with Crippen LogP contribution in [0.15, 0.2) is 30.6 Å². The highest BCUT2D eigenvalue weighted by Gasteiger charge is 2.28. The number of ketones is 1. The molecule has 0 bridgehead atoms. The largest absolute Gasteiger partial charge is 0.390 e. The molecule has 0 unspecified atom stereocenters. The van der Waals surface area contributed by atoms with Gasteiger partial charge >= 0.3 is 6.18 Å². The maximum absolute atomic E-state index is 12.3. The van der Waals surface area contributed by atoms with Crippen LogP contribution in [0.4, 0.5) is 13.2 Å². The second-order valence-corrected chi connectivity index (χ2v) is 8.25. The van der Waals surface area contributed by atoms with Crippen molar-refractivity contribution >= 4 is 27.2 Å². The third kappa shape index (κ3) is 5.57. The van der Waals surface area contributed by atoms with E-state index in [1.807, 2.05) is 0 Å². The van der Waals surface area contributed by atoms with Crippen molar-refractivity contribution in [3.05, 3.63) is 52.6 Å². The highest BCUT2D eigenvalue weighted by Crippen LogP contribution is 2.23. The number of hydrogen-bond donors (Lipinski definition) is 0. The molecule has 142 valence electrons. The highest BCUT2D eigenvalue weighted by molar-refractivity contribution is 7.91. The zero-order valence-corrected chi connectivity index (χ0v) is 15.3. The number of aromatic nitrogens is 2. The highest BCUT2D eigenvalue weighted by atomic mass is 35.5. The van der Waals surface area contributed by atoms with Crippen molar-refractivity contribution < 1.29 is 26.4 Å². The van der Waals surface area contributed by atoms with Gasteiger partial charge in [0, 0.05) is 6.54 Å². The first-order valence-electron chi connectivity index (χ1n) is 7.54. The first-order chi connectivity index (χ1) is 12.0. The molecule has 0 saturated heterocycles. The molecule has 0 aliphatic rings. The number of aryl methyl sites for hydroxylation is 2. The van der Waals surface area contributed by atoms with E-state index in [0.29, 0.717) is 5.56 Å². The van der Waals surface area contributed by atoms with Gasteiger partial charge in [-0.2, -0.15) is 13.2 Å². The van der Waals surface area contributed by atoms with E-state index in [1.54, 1.807) is 31.2 Å². The number of nitrogens with zero attached hydrogens (tertiary/aromatic N) is 2. The Morgan fingerprint density at radius 2 is 1.92 bits per heavy atom. The van der Waals surface area contributed by atoms with E-state index in [4.69, 9.17) is 11.6 Å². The first-order valence-corrected chi connectivity index (χ1v) is 9.74. The van der Waals surface area contributed by atoms with Gasteiger partial charge in [0.15, 0.2) is 15.6 Å². The van der Waals surface area contributed by atoms with Crippen LogP contribution in [0, 0.1) is 6.92 Å². The third-order valence-electron chi connectivity index (χ3n) is 3.66. The maximum atomic E-state index is 12.3. The molecule has 10 heteroatoms. The van der Waals surface area contributed by atoms with E-state index in [2.05, 4.69) is 4.98 Å². The summed E-state index contributed by atoms with van der Waals surface area (Å²) in [6.45, 7) is 1.25. The standard InChI is InChI=1S/C16H16ClF3N2O3S/c1-11-4-2-3-5-12(11)8-26(24,25)9-13(23)14-15(17)22(10-21-14)7-6-16(18,19)20/h2-5,10H,6-9H2,1H3. The molecular weight excluding hydrogens is 393 g/mol. The van der Waals surface area contributed by atoms with Crippen LogP contribution in [-0.4, -0.2) is 35.7 Å². The van der Waals surface area contributed by atoms with Gasteiger partial charge in [0.25, 0.3) is 0 Å². The fraction of sp³-hybridized carbons (Fsp3) is 0.375. The summed E-state index contributed by atoms with van der Waals surface area (Å²) in [5.41, 5.74) is 1.00. The van der Waals surface area contributed by atoms with Crippen LogP contribution >= 0.6 is 11.6 Å². The predicted molar refractivity (Wildman–Crippen MR) is 90.9 cm³/mol. The molecule has 2 rings (SSSR count). The minimum Gasteiger partial charge on any atom is -0.321 e. The van der Waals surface area contributed by atoms with Crippen molar-refractivity contribution in [1.29, 1.82) is 0 Å². The molecule has 0 radical (unpaired) electrons. The summed E-state index contributed by atoms with van der Waals surface area (Å²) in [6, 6.07) is 6.87. The van der Waals surface area contributed by atoms with Crippen LogP contribution in [-0.2, 0) is 22.1 Å². The predicted octanol–water partition coefficient (Wildman–Crippen LogP) is 3.60. The summed E-state index contributed by atoms with van der Waals surface area (Å²) in [7, 11) is -3.78. The molecular formula is C16H16ClF3N2O3S. The SMILES string of the molecule is Cc1ccccc1CS(=O)(=O)CC(=O)c1ncn(CCC(F)(F)F)c1Cl. The van der Waals surface area contributed by atoms with Crippen LogP contribution < -0.4 is 0 Å². The number of imidazole rings is 1. The van der Waals surface area contributed by atoms with E-state index >= 15 is 0 Å². The molecule has 0 fully saturated rings. The molecule has 1 aromatic carbocycles. The van der Waals surface area contributed by atoms with Crippen molar-refractivity contribution in [3.63, 3.8) is 0 Å². The van der Waals surface area contributed by atoms with Gasteiger partial charge in [-0.1, -0.05) is 35.9 Å². The summed E-state index contributed by atoms with van der Waals surface area (Å²) in [6.07, 6.45) is -4.52. The zero-order valence-electron chi connectivity index (χ0n) is 13.8. The van der Waals surface area contributed by atoms with Gasteiger partial charge in [0.05, 0.1) is 18.5 Å². The second kappa shape index (κ2) is 7.79. The number of alkyl halides is 3. The molecule has 0 aliphatic carbocycles. The normalized spacial score (nSPS) is 12.3. The van der Waals surface area contributed by atoms with Gasteiger partial charge in [-0.25, -0.2) is 13.4 Å². The quantitative estimate of drug-likeness (QED) is 0.656. The van der Waals surface area contributed by atoms with E-state index < -0.39 is 40.5 Å². The minimum atomic E-state index is -4.38. The lowest BCUT2D eigenvalue weighted by molar-refractivity contribution is -0.136. The van der Waals surface area contributed by atoms with Gasteiger partial charge in [0.2, 0.25) is 0 Å². The van der Waals surface area contributed by atoms with E-state index in [9.17, 15) is 26.4 Å². The van der Waals surface area contributed by atoms with Crippen molar-refractivity contribution in [2.24, 2.45) is 0 Å². The molecule has 26 heavy (non-hydrogen) atoms. The second-order valence-electron chi connectivity index (χ2n) is 5.82. The fourth-order valence-electron chi connectivity index (χ4n) is 2.29. The lowest BCUT2D eigenvalue weighted by Gasteiger charge is -2.08. The molecule has 2 aromatic rings. The average molecular weight is 409 g/mol. The lowest BCUT2D eigenvalue weighted by atomic mass is 10.1. The van der Waals surface area contributed by atoms with Gasteiger partial charge < -0.3 is 4.57 Å². The number of sulfone groups is 1. The summed E-state index contributed by atoms with van der Waals surface area (Å²) in [5, 5.41) is -0.301. The molecule has 0 atom stereocenters. The third-order valence-corrected chi connectivity index (χ3v) is 5.51. The Hall–Kier alpha value is -1.87. The van der Waals surface area contributed by atoms with Gasteiger partial charge in [-0.3, -0.25) is 4.79 Å². The Morgan fingerprint density at radius 1 is 1.27 bits per heavy atom. The Bertz CT molecular complexity index is 908. The number of carbonyl (C=O) groups excluding carboxylic acids is 1. The number of halogens is 4. The van der Waals surface area contributed by atoms with Crippen LogP contribution in [0.1, 0.15) is 28.0 Å². The Labute approximate surface area is 153 Å². The van der Waals surface area contributed by atoms with Crippen molar-refractivity contribution in [2.45, 2.75) is 31.8 Å². The number of Topliss-reactive ketones (excluding diaryl/α,β-unsaturated/α-hetero) is 1. The topological polar surface area (TPSA) is 69.0 Å². The Balaban J connectivity index is 2.10. The number of benzene rings is 1. The van der Waals surface area contributed by atoms with Crippen molar-refractivity contribution in [2.75, 3.05) is 5.75 Å². The monoisotopic (exact) mass is 408 g/mol. The smallest absolute Gasteiger partial charge is 0.321 e. The number of carbonyl (C=O) groups is 1. The summed E-state index contributed by atoms with van der Waals surface area (Å²) < 4.78 is 62.3. The van der Waals surface area contributed by atoms with Crippen LogP contribution in [0.5, 0.6) is 0 Å².